The Morgan fingerprint density at radius 2 is 1.95 bits per heavy atom. The first-order valence-electron chi connectivity index (χ1n) is 6.32. The summed E-state index contributed by atoms with van der Waals surface area (Å²) < 4.78 is 19.4. The van der Waals surface area contributed by atoms with E-state index < -0.39 is 0 Å². The van der Waals surface area contributed by atoms with Crippen molar-refractivity contribution in [3.8, 4) is 5.75 Å². The van der Waals surface area contributed by atoms with E-state index in [0.717, 1.165) is 11.3 Å². The second-order valence-electron chi connectivity index (χ2n) is 4.49. The number of nitrogens with one attached hydrogen (secondary N) is 1. The Morgan fingerprint density at radius 3 is 2.63 bits per heavy atom. The molecule has 1 unspecified atom stereocenters. The molecule has 100 valence electrons. The lowest BCUT2D eigenvalue weighted by molar-refractivity contribution is 0.269. The maximum atomic E-state index is 13.7. The van der Waals surface area contributed by atoms with Gasteiger partial charge < -0.3 is 10.1 Å². The molecule has 0 saturated heterocycles. The van der Waals surface area contributed by atoms with Crippen LogP contribution in [0.1, 0.15) is 17.2 Å². The van der Waals surface area contributed by atoms with Gasteiger partial charge in [-0.1, -0.05) is 30.3 Å². The topological polar surface area (TPSA) is 21.3 Å². The molecule has 2 nitrogen and oxygen atoms in total. The van der Waals surface area contributed by atoms with Gasteiger partial charge in [0.2, 0.25) is 0 Å². The molecule has 0 amide bonds. The van der Waals surface area contributed by atoms with Gasteiger partial charge in [-0.3, -0.25) is 0 Å². The van der Waals surface area contributed by atoms with Gasteiger partial charge in [0.05, 0.1) is 6.04 Å². The Balaban J connectivity index is 2.06. The van der Waals surface area contributed by atoms with Crippen molar-refractivity contribution in [3.63, 3.8) is 0 Å². The van der Waals surface area contributed by atoms with E-state index in [-0.39, 0.29) is 11.9 Å². The third-order valence-corrected chi connectivity index (χ3v) is 3.04. The summed E-state index contributed by atoms with van der Waals surface area (Å²) in [4.78, 5) is 0. The largest absolute Gasteiger partial charge is 0.492 e. The van der Waals surface area contributed by atoms with Gasteiger partial charge in [-0.15, -0.1) is 0 Å². The molecule has 0 fully saturated rings. The van der Waals surface area contributed by atoms with Crippen molar-refractivity contribution in [2.24, 2.45) is 0 Å². The Labute approximate surface area is 113 Å². The zero-order valence-electron chi connectivity index (χ0n) is 11.2. The van der Waals surface area contributed by atoms with E-state index in [9.17, 15) is 4.39 Å². The number of rotatable bonds is 5. The van der Waals surface area contributed by atoms with Crippen molar-refractivity contribution in [2.45, 2.75) is 13.0 Å². The standard InChI is InChI=1S/C16H18FNO/c1-12-6-5-7-13(10-12)19-11-16(18-2)14-8-3-4-9-15(14)17/h3-10,16,18H,11H2,1-2H3. The Hall–Kier alpha value is -1.87. The fourth-order valence-corrected chi connectivity index (χ4v) is 1.97. The lowest BCUT2D eigenvalue weighted by Gasteiger charge is -2.18. The number of ether oxygens (including phenoxy) is 1. The summed E-state index contributed by atoms with van der Waals surface area (Å²) in [7, 11) is 1.80. The van der Waals surface area contributed by atoms with Crippen molar-refractivity contribution in [3.05, 3.63) is 65.5 Å². The normalized spacial score (nSPS) is 12.2. The lowest BCUT2D eigenvalue weighted by Crippen LogP contribution is -2.24. The minimum atomic E-state index is -0.213. The fraction of sp³-hybridized carbons (Fsp3) is 0.250. The van der Waals surface area contributed by atoms with Crippen LogP contribution in [0, 0.1) is 12.7 Å². The highest BCUT2D eigenvalue weighted by molar-refractivity contribution is 5.28. The van der Waals surface area contributed by atoms with E-state index in [1.165, 1.54) is 6.07 Å². The lowest BCUT2D eigenvalue weighted by atomic mass is 10.1. The molecule has 1 atom stereocenters. The highest BCUT2D eigenvalue weighted by Crippen LogP contribution is 2.19. The first-order chi connectivity index (χ1) is 9.20. The zero-order valence-corrected chi connectivity index (χ0v) is 11.2. The van der Waals surface area contributed by atoms with E-state index in [1.807, 2.05) is 37.3 Å². The third kappa shape index (κ3) is 3.55. The smallest absolute Gasteiger partial charge is 0.128 e. The third-order valence-electron chi connectivity index (χ3n) is 3.04. The van der Waals surface area contributed by atoms with Gasteiger partial charge in [0, 0.05) is 5.56 Å². The van der Waals surface area contributed by atoms with Gasteiger partial charge in [-0.2, -0.15) is 0 Å². The molecule has 0 aliphatic rings. The molecule has 3 heteroatoms. The molecule has 0 aliphatic heterocycles. The second kappa shape index (κ2) is 6.34. The molecule has 0 aromatic heterocycles. The van der Waals surface area contributed by atoms with Crippen LogP contribution >= 0.6 is 0 Å². The van der Waals surface area contributed by atoms with E-state index in [1.54, 1.807) is 19.2 Å². The monoisotopic (exact) mass is 259 g/mol. The first kappa shape index (κ1) is 13.6. The average Bonchev–Trinajstić information content (AvgIpc) is 2.41. The predicted molar refractivity (Wildman–Crippen MR) is 74.9 cm³/mol. The molecule has 0 aliphatic carbocycles. The number of halogens is 1. The minimum Gasteiger partial charge on any atom is -0.492 e. The van der Waals surface area contributed by atoms with Gasteiger partial charge in [0.1, 0.15) is 18.2 Å². The van der Waals surface area contributed by atoms with Crippen LogP contribution in [-0.2, 0) is 0 Å². The summed E-state index contributed by atoms with van der Waals surface area (Å²) in [5, 5.41) is 3.08. The van der Waals surface area contributed by atoms with Crippen molar-refractivity contribution >= 4 is 0 Å². The van der Waals surface area contributed by atoms with Gasteiger partial charge in [-0.05, 0) is 37.7 Å². The quantitative estimate of drug-likeness (QED) is 0.887. The minimum absolute atomic E-state index is 0.165. The SMILES string of the molecule is CNC(COc1cccc(C)c1)c1ccccc1F. The van der Waals surface area contributed by atoms with Crippen LogP contribution < -0.4 is 10.1 Å². The van der Waals surface area contributed by atoms with E-state index in [4.69, 9.17) is 4.74 Å². The molecule has 0 heterocycles. The number of likely N-dealkylation sites (N-methyl/N-ethyl adjacent to an activating group) is 1. The van der Waals surface area contributed by atoms with Crippen LogP contribution in [0.4, 0.5) is 4.39 Å². The summed E-state index contributed by atoms with van der Waals surface area (Å²) in [5.41, 5.74) is 1.77. The molecule has 0 spiro atoms. The zero-order chi connectivity index (χ0) is 13.7. The van der Waals surface area contributed by atoms with Crippen LogP contribution in [0.2, 0.25) is 0 Å². The molecule has 2 aromatic rings. The number of benzene rings is 2. The van der Waals surface area contributed by atoms with Crippen LogP contribution in [0.5, 0.6) is 5.75 Å². The van der Waals surface area contributed by atoms with Crippen LogP contribution in [-0.4, -0.2) is 13.7 Å². The molecule has 19 heavy (non-hydrogen) atoms. The van der Waals surface area contributed by atoms with Crippen molar-refractivity contribution < 1.29 is 9.13 Å². The van der Waals surface area contributed by atoms with Gasteiger partial charge in [0.25, 0.3) is 0 Å². The summed E-state index contributed by atoms with van der Waals surface area (Å²) in [6.07, 6.45) is 0. The van der Waals surface area contributed by atoms with Crippen LogP contribution in [0.15, 0.2) is 48.5 Å². The fourth-order valence-electron chi connectivity index (χ4n) is 1.97. The Kier molecular flexibility index (Phi) is 4.53. The highest BCUT2D eigenvalue weighted by Gasteiger charge is 2.14. The Bertz CT molecular complexity index is 542. The van der Waals surface area contributed by atoms with Crippen molar-refractivity contribution in [2.75, 3.05) is 13.7 Å². The number of hydrogen-bond donors (Lipinski definition) is 1. The number of aryl methyl sites for hydroxylation is 1. The molecule has 2 aromatic carbocycles. The summed E-state index contributed by atoms with van der Waals surface area (Å²) in [5.74, 6) is 0.589. The van der Waals surface area contributed by atoms with Gasteiger partial charge in [0.15, 0.2) is 0 Å². The first-order valence-corrected chi connectivity index (χ1v) is 6.32. The van der Waals surface area contributed by atoms with Crippen LogP contribution in [0.25, 0.3) is 0 Å². The molecule has 1 N–H and O–H groups in total. The molecule has 0 bridgehead atoms. The molecular formula is C16H18FNO. The van der Waals surface area contributed by atoms with Crippen molar-refractivity contribution in [1.82, 2.24) is 5.32 Å². The molecule has 0 radical (unpaired) electrons. The molecule has 0 saturated carbocycles. The highest BCUT2D eigenvalue weighted by atomic mass is 19.1. The predicted octanol–water partition coefficient (Wildman–Crippen LogP) is 3.47. The van der Waals surface area contributed by atoms with Gasteiger partial charge >= 0.3 is 0 Å². The van der Waals surface area contributed by atoms with E-state index in [2.05, 4.69) is 5.32 Å². The van der Waals surface area contributed by atoms with Crippen LogP contribution in [0.3, 0.4) is 0 Å². The molecule has 2 rings (SSSR count). The maximum absolute atomic E-state index is 13.7. The van der Waals surface area contributed by atoms with Crippen molar-refractivity contribution in [1.29, 1.82) is 0 Å². The van der Waals surface area contributed by atoms with Gasteiger partial charge in [-0.25, -0.2) is 4.39 Å². The maximum Gasteiger partial charge on any atom is 0.128 e. The van der Waals surface area contributed by atoms with E-state index in [0.29, 0.717) is 12.2 Å². The Morgan fingerprint density at radius 1 is 1.16 bits per heavy atom. The van der Waals surface area contributed by atoms with E-state index >= 15 is 0 Å². The molecular weight excluding hydrogens is 241 g/mol. The average molecular weight is 259 g/mol. The summed E-state index contributed by atoms with van der Waals surface area (Å²) in [6.45, 7) is 2.40. The number of hydrogen-bond acceptors (Lipinski definition) is 2. The summed E-state index contributed by atoms with van der Waals surface area (Å²) >= 11 is 0. The summed E-state index contributed by atoms with van der Waals surface area (Å²) in [6, 6.07) is 14.4. The second-order valence-corrected chi connectivity index (χ2v) is 4.49.